The summed E-state index contributed by atoms with van der Waals surface area (Å²) in [6, 6.07) is 5.30. The molecule has 8 nitrogen and oxygen atoms in total. The van der Waals surface area contributed by atoms with Gasteiger partial charge in [0.15, 0.2) is 0 Å². The van der Waals surface area contributed by atoms with Crippen LogP contribution in [0.5, 0.6) is 0 Å². The number of benzene rings is 1. The average Bonchev–Trinajstić information content (AvgIpc) is 3.32. The molecule has 186 valence electrons. The molecule has 2 bridgehead atoms. The smallest absolute Gasteiger partial charge is 0.250 e. The van der Waals surface area contributed by atoms with Crippen LogP contribution in [0.25, 0.3) is 0 Å². The number of ether oxygens (including phenoxy) is 1. The molecular weight excluding hydrogens is 458 g/mol. The summed E-state index contributed by atoms with van der Waals surface area (Å²) in [6.45, 7) is 7.49. The number of amides is 3. The molecule has 3 aliphatic heterocycles. The maximum Gasteiger partial charge on any atom is 0.250 e. The molecule has 3 unspecified atom stereocenters. The molecule has 3 saturated heterocycles. The van der Waals surface area contributed by atoms with Gasteiger partial charge in [0, 0.05) is 7.05 Å². The number of aliphatic hydroxyl groups excluding tert-OH is 1. The van der Waals surface area contributed by atoms with Gasteiger partial charge in [-0.15, -0.1) is 0 Å². The standard InChI is InChI=1S/C25H34ClN3O5/c1-6-13(2)17(12-30)29-20(22(32)28-16-10-8-7-9-15(16)26)25-11-14(3)24(4,34-25)18(21(31)27-5)19(25)23(29)33/h7-10,13-14,17-20,30H,6,11-12H2,1-5H3,(H,27,31)(H,28,32)/t13-,14?,17-,18+,19-,20?,24-,25?/m0/s1. The summed E-state index contributed by atoms with van der Waals surface area (Å²) in [7, 11) is 1.55. The van der Waals surface area contributed by atoms with Gasteiger partial charge in [-0.25, -0.2) is 0 Å². The zero-order valence-corrected chi connectivity index (χ0v) is 21.1. The average molecular weight is 492 g/mol. The van der Waals surface area contributed by atoms with Crippen LogP contribution in [0, 0.1) is 23.7 Å². The molecule has 9 heteroatoms. The molecule has 1 aromatic rings. The summed E-state index contributed by atoms with van der Waals surface area (Å²) in [5, 5.41) is 16.3. The third-order valence-electron chi connectivity index (χ3n) is 8.51. The fourth-order valence-electron chi connectivity index (χ4n) is 6.47. The second-order valence-electron chi connectivity index (χ2n) is 10.2. The molecule has 3 N–H and O–H groups in total. The molecule has 3 fully saturated rings. The Morgan fingerprint density at radius 2 is 2.00 bits per heavy atom. The summed E-state index contributed by atoms with van der Waals surface area (Å²) in [4.78, 5) is 42.5. The predicted octanol–water partition coefficient (Wildman–Crippen LogP) is 2.44. The van der Waals surface area contributed by atoms with E-state index >= 15 is 0 Å². The number of hydrogen-bond donors (Lipinski definition) is 3. The SMILES string of the molecule is CC[C@H](C)[C@H](CO)N1C(=O)[C@@H]2[C@H](C(=O)NC)[C@@]3(C)OC2(CC3C)C1C(=O)Nc1ccccc1Cl. The van der Waals surface area contributed by atoms with Crippen LogP contribution in [0.2, 0.25) is 5.02 Å². The Balaban J connectivity index is 1.84. The Morgan fingerprint density at radius 1 is 1.32 bits per heavy atom. The van der Waals surface area contributed by atoms with Gasteiger partial charge in [-0.1, -0.05) is 50.9 Å². The van der Waals surface area contributed by atoms with Crippen molar-refractivity contribution in [1.82, 2.24) is 10.2 Å². The van der Waals surface area contributed by atoms with E-state index in [0.29, 0.717) is 23.6 Å². The van der Waals surface area contributed by atoms with Crippen LogP contribution in [0.15, 0.2) is 24.3 Å². The Labute approximate surface area is 205 Å². The number of rotatable bonds is 7. The van der Waals surface area contributed by atoms with Crippen LogP contribution >= 0.6 is 11.6 Å². The maximum absolute atomic E-state index is 14.1. The fourth-order valence-corrected chi connectivity index (χ4v) is 6.65. The minimum absolute atomic E-state index is 0.0504. The van der Waals surface area contributed by atoms with Gasteiger partial charge in [-0.05, 0) is 37.3 Å². The molecule has 0 aromatic heterocycles. The molecule has 0 saturated carbocycles. The van der Waals surface area contributed by atoms with Gasteiger partial charge >= 0.3 is 0 Å². The predicted molar refractivity (Wildman–Crippen MR) is 128 cm³/mol. The first-order valence-electron chi connectivity index (χ1n) is 12.0. The Bertz CT molecular complexity index is 1000. The first-order valence-corrected chi connectivity index (χ1v) is 12.3. The summed E-state index contributed by atoms with van der Waals surface area (Å²) < 4.78 is 6.63. The van der Waals surface area contributed by atoms with E-state index in [2.05, 4.69) is 10.6 Å². The minimum Gasteiger partial charge on any atom is -0.394 e. The number of carbonyl (C=O) groups excluding carboxylic acids is 3. The van der Waals surface area contributed by atoms with Crippen molar-refractivity contribution in [1.29, 1.82) is 0 Å². The van der Waals surface area contributed by atoms with Crippen molar-refractivity contribution in [3.05, 3.63) is 29.3 Å². The normalized spacial score (nSPS) is 35.7. The molecule has 8 atom stereocenters. The van der Waals surface area contributed by atoms with Crippen LogP contribution in [-0.2, 0) is 19.1 Å². The second-order valence-corrected chi connectivity index (χ2v) is 10.6. The Hall–Kier alpha value is -2.16. The quantitative estimate of drug-likeness (QED) is 0.543. The molecule has 1 aromatic carbocycles. The molecular formula is C25H34ClN3O5. The monoisotopic (exact) mass is 491 g/mol. The molecule has 1 spiro atoms. The summed E-state index contributed by atoms with van der Waals surface area (Å²) in [5.74, 6) is -2.68. The molecule has 3 heterocycles. The highest BCUT2D eigenvalue weighted by atomic mass is 35.5. The fraction of sp³-hybridized carbons (Fsp3) is 0.640. The van der Waals surface area contributed by atoms with E-state index in [4.69, 9.17) is 16.3 Å². The topological polar surface area (TPSA) is 108 Å². The van der Waals surface area contributed by atoms with Crippen LogP contribution in [0.3, 0.4) is 0 Å². The van der Waals surface area contributed by atoms with Crippen molar-refractivity contribution in [2.75, 3.05) is 19.0 Å². The zero-order valence-electron chi connectivity index (χ0n) is 20.3. The highest BCUT2D eigenvalue weighted by Gasteiger charge is 2.80. The van der Waals surface area contributed by atoms with Crippen molar-refractivity contribution in [3.8, 4) is 0 Å². The lowest BCUT2D eigenvalue weighted by Crippen LogP contribution is -2.57. The van der Waals surface area contributed by atoms with E-state index < -0.39 is 41.0 Å². The number of anilines is 1. The number of para-hydroxylation sites is 1. The number of hydrogen-bond acceptors (Lipinski definition) is 5. The number of fused-ring (bicyclic) bond motifs is 1. The lowest BCUT2D eigenvalue weighted by atomic mass is 9.62. The molecule has 4 rings (SSSR count). The van der Waals surface area contributed by atoms with Gasteiger partial charge < -0.3 is 25.4 Å². The van der Waals surface area contributed by atoms with Crippen molar-refractivity contribution >= 4 is 35.0 Å². The third kappa shape index (κ3) is 3.37. The molecule has 0 radical (unpaired) electrons. The number of aliphatic hydroxyl groups is 1. The number of carbonyl (C=O) groups is 3. The van der Waals surface area contributed by atoms with E-state index in [1.807, 2.05) is 27.7 Å². The molecule has 0 aliphatic carbocycles. The van der Waals surface area contributed by atoms with Gasteiger partial charge in [0.2, 0.25) is 17.7 Å². The molecule has 3 amide bonds. The van der Waals surface area contributed by atoms with Crippen molar-refractivity contribution < 1.29 is 24.2 Å². The highest BCUT2D eigenvalue weighted by Crippen LogP contribution is 2.65. The van der Waals surface area contributed by atoms with Crippen molar-refractivity contribution in [2.45, 2.75) is 63.8 Å². The highest BCUT2D eigenvalue weighted by molar-refractivity contribution is 6.33. The van der Waals surface area contributed by atoms with Gasteiger partial charge in [-0.2, -0.15) is 0 Å². The third-order valence-corrected chi connectivity index (χ3v) is 8.84. The largest absolute Gasteiger partial charge is 0.394 e. The van der Waals surface area contributed by atoms with Crippen LogP contribution in [0.1, 0.15) is 40.5 Å². The van der Waals surface area contributed by atoms with Gasteiger partial charge in [0.1, 0.15) is 11.6 Å². The van der Waals surface area contributed by atoms with Gasteiger partial charge in [-0.3, -0.25) is 14.4 Å². The van der Waals surface area contributed by atoms with Crippen molar-refractivity contribution in [2.24, 2.45) is 23.7 Å². The number of nitrogens with one attached hydrogen (secondary N) is 2. The minimum atomic E-state index is -1.17. The van der Waals surface area contributed by atoms with Crippen LogP contribution in [-0.4, -0.2) is 64.7 Å². The number of halogens is 1. The first-order chi connectivity index (χ1) is 16.1. The number of likely N-dealkylation sites (tertiary alicyclic amines) is 1. The maximum atomic E-state index is 14.1. The summed E-state index contributed by atoms with van der Waals surface area (Å²) >= 11 is 6.30. The van der Waals surface area contributed by atoms with Gasteiger partial charge in [0.25, 0.3) is 0 Å². The van der Waals surface area contributed by atoms with E-state index in [0.717, 1.165) is 0 Å². The van der Waals surface area contributed by atoms with Crippen LogP contribution < -0.4 is 10.6 Å². The zero-order chi connectivity index (χ0) is 25.0. The van der Waals surface area contributed by atoms with E-state index in [1.165, 1.54) is 4.90 Å². The van der Waals surface area contributed by atoms with E-state index in [1.54, 1.807) is 31.3 Å². The summed E-state index contributed by atoms with van der Waals surface area (Å²) in [6.07, 6.45) is 1.17. The first kappa shape index (κ1) is 24.9. The second kappa shape index (κ2) is 8.81. The van der Waals surface area contributed by atoms with E-state index in [-0.39, 0.29) is 30.3 Å². The summed E-state index contributed by atoms with van der Waals surface area (Å²) in [5.41, 5.74) is -1.62. The van der Waals surface area contributed by atoms with Crippen LogP contribution in [0.4, 0.5) is 5.69 Å². The lowest BCUT2D eigenvalue weighted by molar-refractivity contribution is -0.150. The Morgan fingerprint density at radius 3 is 2.59 bits per heavy atom. The van der Waals surface area contributed by atoms with E-state index in [9.17, 15) is 19.5 Å². The Kier molecular flexibility index (Phi) is 6.46. The molecule has 34 heavy (non-hydrogen) atoms. The number of nitrogens with zero attached hydrogens (tertiary/aromatic N) is 1. The van der Waals surface area contributed by atoms with Crippen molar-refractivity contribution in [3.63, 3.8) is 0 Å². The van der Waals surface area contributed by atoms with Gasteiger partial charge in [0.05, 0.1) is 40.8 Å². The molecule has 3 aliphatic rings. The lowest BCUT2D eigenvalue weighted by Gasteiger charge is -2.39.